The molecule has 6 heteroatoms. The lowest BCUT2D eigenvalue weighted by atomic mass is 10.0. The number of hydrogen-bond donors (Lipinski definition) is 3. The third kappa shape index (κ3) is 5.49. The number of aromatic nitrogens is 1. The van der Waals surface area contributed by atoms with Gasteiger partial charge in [-0.25, -0.2) is 0 Å². The van der Waals surface area contributed by atoms with E-state index in [4.69, 9.17) is 5.73 Å². The quantitative estimate of drug-likeness (QED) is 0.592. The molecular weight excluding hydrogens is 352 g/mol. The average Bonchev–Trinajstić information content (AvgIpc) is 2.74. The number of rotatable bonds is 7. The van der Waals surface area contributed by atoms with E-state index in [1.165, 1.54) is 0 Å². The molecule has 6 nitrogen and oxygen atoms in total. The standard InChI is InChI=1S/C22H22N4O2/c23-20(14-21(27)25-15-16-4-2-1-3-5-16)17-6-8-18(9-7-17)22(28)26-19-10-12-24-13-11-19/h1-13,20H,14-15,23H2,(H,25,27)(H,24,26,28). The van der Waals surface area contributed by atoms with E-state index in [1.807, 2.05) is 30.3 Å². The Labute approximate surface area is 163 Å². The molecule has 28 heavy (non-hydrogen) atoms. The first kappa shape index (κ1) is 19.3. The summed E-state index contributed by atoms with van der Waals surface area (Å²) < 4.78 is 0. The lowest BCUT2D eigenvalue weighted by molar-refractivity contribution is -0.121. The zero-order valence-electron chi connectivity index (χ0n) is 15.3. The highest BCUT2D eigenvalue weighted by molar-refractivity contribution is 6.04. The zero-order chi connectivity index (χ0) is 19.8. The molecule has 142 valence electrons. The van der Waals surface area contributed by atoms with Crippen molar-refractivity contribution in [2.45, 2.75) is 19.0 Å². The first-order valence-electron chi connectivity index (χ1n) is 8.99. The number of nitrogens with zero attached hydrogens (tertiary/aromatic N) is 1. The van der Waals surface area contributed by atoms with Crippen LogP contribution in [0.1, 0.15) is 33.9 Å². The molecular formula is C22H22N4O2. The van der Waals surface area contributed by atoms with Crippen molar-refractivity contribution in [2.75, 3.05) is 5.32 Å². The minimum atomic E-state index is -0.437. The highest BCUT2D eigenvalue weighted by Crippen LogP contribution is 2.16. The Balaban J connectivity index is 1.52. The van der Waals surface area contributed by atoms with Gasteiger partial charge in [0.25, 0.3) is 5.91 Å². The van der Waals surface area contributed by atoms with Crippen molar-refractivity contribution in [3.8, 4) is 0 Å². The molecule has 2 amide bonds. The molecule has 1 atom stereocenters. The van der Waals surface area contributed by atoms with E-state index in [1.54, 1.807) is 48.8 Å². The maximum Gasteiger partial charge on any atom is 0.255 e. The number of pyridine rings is 1. The number of carbonyl (C=O) groups excluding carboxylic acids is 2. The van der Waals surface area contributed by atoms with Crippen LogP contribution in [-0.4, -0.2) is 16.8 Å². The van der Waals surface area contributed by atoms with Gasteiger partial charge in [-0.2, -0.15) is 0 Å². The van der Waals surface area contributed by atoms with E-state index in [0.717, 1.165) is 11.1 Å². The van der Waals surface area contributed by atoms with E-state index >= 15 is 0 Å². The number of nitrogens with one attached hydrogen (secondary N) is 2. The lowest BCUT2D eigenvalue weighted by Crippen LogP contribution is -2.27. The van der Waals surface area contributed by atoms with Crippen LogP contribution < -0.4 is 16.4 Å². The molecule has 0 aliphatic heterocycles. The molecule has 2 aromatic carbocycles. The Bertz CT molecular complexity index is 912. The summed E-state index contributed by atoms with van der Waals surface area (Å²) >= 11 is 0. The second-order valence-electron chi connectivity index (χ2n) is 6.38. The van der Waals surface area contributed by atoms with Gasteiger partial charge >= 0.3 is 0 Å². The fraction of sp³-hybridized carbons (Fsp3) is 0.136. The van der Waals surface area contributed by atoms with Crippen LogP contribution in [0.25, 0.3) is 0 Å². The van der Waals surface area contributed by atoms with Gasteiger partial charge in [0.2, 0.25) is 5.91 Å². The Kier molecular flexibility index (Phi) is 6.49. The summed E-state index contributed by atoms with van der Waals surface area (Å²) in [6, 6.07) is 19.7. The maximum absolute atomic E-state index is 12.3. The van der Waals surface area contributed by atoms with Crippen LogP contribution in [0.3, 0.4) is 0 Å². The highest BCUT2D eigenvalue weighted by atomic mass is 16.2. The number of amides is 2. The second kappa shape index (κ2) is 9.43. The molecule has 0 fully saturated rings. The number of carbonyl (C=O) groups is 2. The molecule has 0 bridgehead atoms. The molecule has 3 aromatic rings. The summed E-state index contributed by atoms with van der Waals surface area (Å²) in [6.45, 7) is 0.473. The van der Waals surface area contributed by atoms with Crippen molar-refractivity contribution < 1.29 is 9.59 Å². The molecule has 1 heterocycles. The number of nitrogens with two attached hydrogens (primary N) is 1. The van der Waals surface area contributed by atoms with Gasteiger partial charge in [0, 0.05) is 42.7 Å². The van der Waals surface area contributed by atoms with Crippen LogP contribution in [0, 0.1) is 0 Å². The molecule has 0 saturated heterocycles. The Hall–Kier alpha value is -3.51. The van der Waals surface area contributed by atoms with Crippen molar-refractivity contribution in [3.63, 3.8) is 0 Å². The van der Waals surface area contributed by atoms with Crippen LogP contribution in [-0.2, 0) is 11.3 Å². The topological polar surface area (TPSA) is 97.1 Å². The number of anilines is 1. The lowest BCUT2D eigenvalue weighted by Gasteiger charge is -2.13. The van der Waals surface area contributed by atoms with E-state index in [0.29, 0.717) is 17.8 Å². The normalized spacial score (nSPS) is 11.5. The van der Waals surface area contributed by atoms with Gasteiger partial charge in [-0.1, -0.05) is 42.5 Å². The van der Waals surface area contributed by atoms with E-state index in [9.17, 15) is 9.59 Å². The maximum atomic E-state index is 12.3. The zero-order valence-corrected chi connectivity index (χ0v) is 15.3. The molecule has 1 unspecified atom stereocenters. The molecule has 3 rings (SSSR count). The Morgan fingerprint density at radius 1 is 0.929 bits per heavy atom. The van der Waals surface area contributed by atoms with Crippen LogP contribution in [0.4, 0.5) is 5.69 Å². The fourth-order valence-corrected chi connectivity index (χ4v) is 2.71. The number of hydrogen-bond acceptors (Lipinski definition) is 4. The Morgan fingerprint density at radius 3 is 2.29 bits per heavy atom. The molecule has 0 spiro atoms. The van der Waals surface area contributed by atoms with Gasteiger partial charge in [0.05, 0.1) is 0 Å². The minimum absolute atomic E-state index is 0.115. The average molecular weight is 374 g/mol. The molecule has 0 radical (unpaired) electrons. The summed E-state index contributed by atoms with van der Waals surface area (Å²) in [5.41, 5.74) is 9.18. The summed E-state index contributed by atoms with van der Waals surface area (Å²) in [4.78, 5) is 28.3. The highest BCUT2D eigenvalue weighted by Gasteiger charge is 2.13. The van der Waals surface area contributed by atoms with Gasteiger partial charge in [-0.3, -0.25) is 14.6 Å². The van der Waals surface area contributed by atoms with Crippen molar-refractivity contribution in [1.82, 2.24) is 10.3 Å². The predicted octanol–water partition coefficient (Wildman–Crippen LogP) is 3.04. The predicted molar refractivity (Wildman–Crippen MR) is 108 cm³/mol. The fourth-order valence-electron chi connectivity index (χ4n) is 2.71. The largest absolute Gasteiger partial charge is 0.352 e. The Morgan fingerprint density at radius 2 is 1.61 bits per heavy atom. The molecule has 0 aliphatic rings. The second-order valence-corrected chi connectivity index (χ2v) is 6.38. The third-order valence-corrected chi connectivity index (χ3v) is 4.28. The van der Waals surface area contributed by atoms with Crippen LogP contribution in [0.15, 0.2) is 79.1 Å². The van der Waals surface area contributed by atoms with Crippen molar-refractivity contribution in [2.24, 2.45) is 5.73 Å². The number of benzene rings is 2. The first-order valence-corrected chi connectivity index (χ1v) is 8.99. The van der Waals surface area contributed by atoms with Gasteiger partial charge < -0.3 is 16.4 Å². The van der Waals surface area contributed by atoms with Gasteiger partial charge in [-0.05, 0) is 35.4 Å². The third-order valence-electron chi connectivity index (χ3n) is 4.28. The van der Waals surface area contributed by atoms with Crippen LogP contribution in [0.2, 0.25) is 0 Å². The van der Waals surface area contributed by atoms with Crippen LogP contribution in [0.5, 0.6) is 0 Å². The van der Waals surface area contributed by atoms with Crippen molar-refractivity contribution in [1.29, 1.82) is 0 Å². The molecule has 1 aromatic heterocycles. The monoisotopic (exact) mass is 374 g/mol. The summed E-state index contributed by atoms with van der Waals surface area (Å²) in [5.74, 6) is -0.331. The smallest absolute Gasteiger partial charge is 0.255 e. The van der Waals surface area contributed by atoms with Crippen LogP contribution >= 0.6 is 0 Å². The first-order chi connectivity index (χ1) is 13.6. The van der Waals surface area contributed by atoms with Crippen molar-refractivity contribution >= 4 is 17.5 Å². The molecule has 4 N–H and O–H groups in total. The van der Waals surface area contributed by atoms with Gasteiger partial charge in [0.1, 0.15) is 0 Å². The van der Waals surface area contributed by atoms with Gasteiger partial charge in [0.15, 0.2) is 0 Å². The summed E-state index contributed by atoms with van der Waals surface area (Å²) in [6.07, 6.45) is 3.40. The van der Waals surface area contributed by atoms with E-state index in [-0.39, 0.29) is 18.2 Å². The van der Waals surface area contributed by atoms with Gasteiger partial charge in [-0.15, -0.1) is 0 Å². The summed E-state index contributed by atoms with van der Waals surface area (Å²) in [7, 11) is 0. The minimum Gasteiger partial charge on any atom is -0.352 e. The SMILES string of the molecule is NC(CC(=O)NCc1ccccc1)c1ccc(C(=O)Nc2ccncc2)cc1. The van der Waals surface area contributed by atoms with Crippen molar-refractivity contribution in [3.05, 3.63) is 95.8 Å². The van der Waals surface area contributed by atoms with E-state index in [2.05, 4.69) is 15.6 Å². The summed E-state index contributed by atoms with van der Waals surface area (Å²) in [5, 5.41) is 5.67. The van der Waals surface area contributed by atoms with E-state index < -0.39 is 6.04 Å². The molecule has 0 saturated carbocycles. The molecule has 0 aliphatic carbocycles.